The van der Waals surface area contributed by atoms with Gasteiger partial charge in [0, 0.05) is 19.1 Å². The number of benzene rings is 3. The maximum absolute atomic E-state index is 12.1. The summed E-state index contributed by atoms with van der Waals surface area (Å²) >= 11 is 0. The van der Waals surface area contributed by atoms with Crippen molar-refractivity contribution in [2.24, 2.45) is 0 Å². The van der Waals surface area contributed by atoms with E-state index in [0.717, 1.165) is 12.0 Å². The second kappa shape index (κ2) is 10.4. The van der Waals surface area contributed by atoms with Gasteiger partial charge in [0.1, 0.15) is 0 Å². The van der Waals surface area contributed by atoms with Gasteiger partial charge in [0.2, 0.25) is 10.0 Å². The molecule has 3 aromatic carbocycles. The number of rotatable bonds is 9. The van der Waals surface area contributed by atoms with Gasteiger partial charge in [-0.15, -0.1) is 0 Å². The third-order valence-electron chi connectivity index (χ3n) is 4.76. The van der Waals surface area contributed by atoms with Crippen LogP contribution in [0.5, 0.6) is 0 Å². The normalized spacial score (nSPS) is 11.6. The molecule has 0 atom stereocenters. The van der Waals surface area contributed by atoms with E-state index in [2.05, 4.69) is 45.7 Å². The number of urea groups is 1. The molecule has 3 rings (SSSR count). The summed E-state index contributed by atoms with van der Waals surface area (Å²) in [6.45, 7) is 4.50. The zero-order chi connectivity index (χ0) is 22.3. The number of nitrogens with one attached hydrogen (secondary N) is 3. The van der Waals surface area contributed by atoms with Crippen LogP contribution in [0.3, 0.4) is 0 Å². The average molecular weight is 440 g/mol. The van der Waals surface area contributed by atoms with E-state index in [0.29, 0.717) is 18.7 Å². The molecule has 0 aliphatic carbocycles. The SMILES string of the molecule is CC(C)NS(=O)(=O)Cc1ccc(CNC(=O)NCCc2ccc3ccccc3c2)cc1. The van der Waals surface area contributed by atoms with Gasteiger partial charge in [0.25, 0.3) is 0 Å². The lowest BCUT2D eigenvalue weighted by Crippen LogP contribution is -2.36. The highest BCUT2D eigenvalue weighted by atomic mass is 32.2. The summed E-state index contributed by atoms with van der Waals surface area (Å²) in [7, 11) is -3.35. The molecule has 3 N–H and O–H groups in total. The molecule has 0 unspecified atom stereocenters. The molecule has 0 radical (unpaired) electrons. The number of hydrogen-bond donors (Lipinski definition) is 3. The fourth-order valence-electron chi connectivity index (χ4n) is 3.33. The Morgan fingerprint density at radius 2 is 1.48 bits per heavy atom. The summed E-state index contributed by atoms with van der Waals surface area (Å²) in [4.78, 5) is 12.1. The van der Waals surface area contributed by atoms with Crippen LogP contribution in [0.4, 0.5) is 4.79 Å². The molecule has 2 amide bonds. The molecule has 0 bridgehead atoms. The monoisotopic (exact) mass is 439 g/mol. The summed E-state index contributed by atoms with van der Waals surface area (Å²) in [6, 6.07) is 21.4. The average Bonchev–Trinajstić information content (AvgIpc) is 2.72. The molecule has 0 aromatic heterocycles. The van der Waals surface area contributed by atoms with Crippen molar-refractivity contribution in [2.75, 3.05) is 6.54 Å². The molecule has 0 fully saturated rings. The number of carbonyl (C=O) groups is 1. The maximum atomic E-state index is 12.1. The molecule has 0 saturated carbocycles. The molecule has 164 valence electrons. The van der Waals surface area contributed by atoms with Crippen LogP contribution in [0, 0.1) is 0 Å². The van der Waals surface area contributed by atoms with Gasteiger partial charge in [-0.25, -0.2) is 17.9 Å². The topological polar surface area (TPSA) is 87.3 Å². The van der Waals surface area contributed by atoms with Crippen molar-refractivity contribution in [1.29, 1.82) is 0 Å². The number of fused-ring (bicyclic) bond motifs is 1. The van der Waals surface area contributed by atoms with Crippen LogP contribution < -0.4 is 15.4 Å². The van der Waals surface area contributed by atoms with E-state index in [1.165, 1.54) is 16.3 Å². The Morgan fingerprint density at radius 3 is 2.19 bits per heavy atom. The molecule has 7 heteroatoms. The Morgan fingerprint density at radius 1 is 0.839 bits per heavy atom. The van der Waals surface area contributed by atoms with E-state index in [9.17, 15) is 13.2 Å². The quantitative estimate of drug-likeness (QED) is 0.475. The Labute approximate surface area is 184 Å². The molecule has 0 spiro atoms. The van der Waals surface area contributed by atoms with Gasteiger partial charge in [0.15, 0.2) is 0 Å². The Bertz CT molecular complexity index is 1130. The summed E-state index contributed by atoms with van der Waals surface area (Å²) in [6.07, 6.45) is 0.756. The largest absolute Gasteiger partial charge is 0.338 e. The fourth-order valence-corrected chi connectivity index (χ4v) is 4.77. The van der Waals surface area contributed by atoms with Crippen molar-refractivity contribution in [3.8, 4) is 0 Å². The first-order valence-electron chi connectivity index (χ1n) is 10.4. The Kier molecular flexibility index (Phi) is 7.65. The lowest BCUT2D eigenvalue weighted by Gasteiger charge is -2.11. The molecule has 0 saturated heterocycles. The minimum Gasteiger partial charge on any atom is -0.338 e. The van der Waals surface area contributed by atoms with Crippen LogP contribution in [0.1, 0.15) is 30.5 Å². The smallest absolute Gasteiger partial charge is 0.315 e. The maximum Gasteiger partial charge on any atom is 0.315 e. The molecule has 3 aromatic rings. The highest BCUT2D eigenvalue weighted by Gasteiger charge is 2.12. The number of amides is 2. The second-order valence-electron chi connectivity index (χ2n) is 7.89. The minimum absolute atomic E-state index is 0.0614. The third kappa shape index (κ3) is 7.38. The molecular weight excluding hydrogens is 410 g/mol. The van der Waals surface area contributed by atoms with Crippen molar-refractivity contribution < 1.29 is 13.2 Å². The zero-order valence-corrected chi connectivity index (χ0v) is 18.7. The molecular formula is C24H29N3O3S. The van der Waals surface area contributed by atoms with E-state index in [4.69, 9.17) is 0 Å². The highest BCUT2D eigenvalue weighted by molar-refractivity contribution is 7.88. The first-order valence-corrected chi connectivity index (χ1v) is 12.0. The minimum atomic E-state index is -3.35. The van der Waals surface area contributed by atoms with E-state index in [-0.39, 0.29) is 17.8 Å². The third-order valence-corrected chi connectivity index (χ3v) is 6.30. The first-order chi connectivity index (χ1) is 14.8. The van der Waals surface area contributed by atoms with Crippen LogP contribution in [0.15, 0.2) is 66.7 Å². The van der Waals surface area contributed by atoms with Crippen molar-refractivity contribution in [3.63, 3.8) is 0 Å². The lowest BCUT2D eigenvalue weighted by atomic mass is 10.1. The van der Waals surface area contributed by atoms with Crippen molar-refractivity contribution in [1.82, 2.24) is 15.4 Å². The Balaban J connectivity index is 1.41. The fraction of sp³-hybridized carbons (Fsp3) is 0.292. The van der Waals surface area contributed by atoms with Gasteiger partial charge in [-0.1, -0.05) is 66.7 Å². The predicted molar refractivity (Wildman–Crippen MR) is 125 cm³/mol. The van der Waals surface area contributed by atoms with Crippen molar-refractivity contribution >= 4 is 26.8 Å². The zero-order valence-electron chi connectivity index (χ0n) is 17.9. The molecule has 0 aliphatic rings. The second-order valence-corrected chi connectivity index (χ2v) is 9.64. The summed E-state index contributed by atoms with van der Waals surface area (Å²) in [5.74, 6) is -0.0614. The number of sulfonamides is 1. The van der Waals surface area contributed by atoms with Gasteiger partial charge in [0.05, 0.1) is 5.75 Å². The summed E-state index contributed by atoms with van der Waals surface area (Å²) < 4.78 is 26.6. The van der Waals surface area contributed by atoms with Gasteiger partial charge >= 0.3 is 6.03 Å². The summed E-state index contributed by atoms with van der Waals surface area (Å²) in [5.41, 5.74) is 2.79. The highest BCUT2D eigenvalue weighted by Crippen LogP contribution is 2.15. The van der Waals surface area contributed by atoms with Gasteiger partial charge in [-0.3, -0.25) is 0 Å². The predicted octanol–water partition coefficient (Wildman–Crippen LogP) is 3.71. The van der Waals surface area contributed by atoms with Crippen molar-refractivity contribution in [2.45, 2.75) is 38.6 Å². The standard InChI is InChI=1S/C24H29N3O3S/c1-18(2)27-31(29,30)17-21-9-7-20(8-10-21)16-26-24(28)25-14-13-19-11-12-22-5-3-4-6-23(22)15-19/h3-12,15,18,27H,13-14,16-17H2,1-2H3,(H2,25,26,28). The van der Waals surface area contributed by atoms with Crippen LogP contribution in [-0.4, -0.2) is 27.0 Å². The van der Waals surface area contributed by atoms with E-state index in [1.807, 2.05) is 24.3 Å². The molecule has 31 heavy (non-hydrogen) atoms. The van der Waals surface area contributed by atoms with E-state index in [1.54, 1.807) is 26.0 Å². The van der Waals surface area contributed by atoms with E-state index >= 15 is 0 Å². The van der Waals surface area contributed by atoms with Crippen LogP contribution in [0.25, 0.3) is 10.8 Å². The lowest BCUT2D eigenvalue weighted by molar-refractivity contribution is 0.240. The van der Waals surface area contributed by atoms with Crippen LogP contribution in [0.2, 0.25) is 0 Å². The van der Waals surface area contributed by atoms with Crippen LogP contribution in [-0.2, 0) is 28.7 Å². The van der Waals surface area contributed by atoms with Gasteiger partial charge in [-0.2, -0.15) is 0 Å². The molecule has 6 nitrogen and oxygen atoms in total. The summed E-state index contributed by atoms with van der Waals surface area (Å²) in [5, 5.41) is 8.10. The van der Waals surface area contributed by atoms with Crippen molar-refractivity contribution in [3.05, 3.63) is 83.4 Å². The van der Waals surface area contributed by atoms with Crippen LogP contribution >= 0.6 is 0 Å². The number of carbonyl (C=O) groups excluding carboxylic acids is 1. The van der Waals surface area contributed by atoms with Gasteiger partial charge in [-0.05, 0) is 47.7 Å². The molecule has 0 heterocycles. The molecule has 0 aliphatic heterocycles. The van der Waals surface area contributed by atoms with Gasteiger partial charge < -0.3 is 10.6 Å². The number of hydrogen-bond acceptors (Lipinski definition) is 3. The van der Waals surface area contributed by atoms with E-state index < -0.39 is 10.0 Å². The Hall–Kier alpha value is -2.90. The first kappa shape index (κ1) is 22.8.